The molecule has 0 spiro atoms. The number of ether oxygens (including phenoxy) is 1. The van der Waals surface area contributed by atoms with Crippen LogP contribution in [0.3, 0.4) is 0 Å². The monoisotopic (exact) mass is 404 g/mol. The first-order valence-electron chi connectivity index (χ1n) is 9.29. The Hall–Kier alpha value is -2.42. The summed E-state index contributed by atoms with van der Waals surface area (Å²) >= 11 is 1.39. The highest BCUT2D eigenvalue weighted by atomic mass is 32.1. The van der Waals surface area contributed by atoms with E-state index in [2.05, 4.69) is 36.8 Å². The molecule has 0 atom stereocenters. The number of rotatable bonds is 5. The van der Waals surface area contributed by atoms with Crippen LogP contribution in [0.25, 0.3) is 0 Å². The fourth-order valence-electron chi connectivity index (χ4n) is 3.08. The van der Waals surface area contributed by atoms with Crippen molar-refractivity contribution in [3.63, 3.8) is 0 Å². The average molecular weight is 405 g/mol. The van der Waals surface area contributed by atoms with Crippen molar-refractivity contribution >= 4 is 34.4 Å². The van der Waals surface area contributed by atoms with E-state index in [0.29, 0.717) is 12.5 Å². The Morgan fingerprint density at radius 3 is 2.68 bits per heavy atom. The fraction of sp³-hybridized carbons (Fsp3) is 0.579. The number of nitrogens with zero attached hydrogens (tertiary/aromatic N) is 4. The Morgan fingerprint density at radius 2 is 2.07 bits per heavy atom. The number of amides is 1. The van der Waals surface area contributed by atoms with Crippen molar-refractivity contribution in [1.82, 2.24) is 19.7 Å². The molecule has 2 N–H and O–H groups in total. The third kappa shape index (κ3) is 5.09. The molecular formula is C19H28N6O2S. The molecule has 1 aliphatic heterocycles. The Kier molecular flexibility index (Phi) is 5.47. The van der Waals surface area contributed by atoms with E-state index in [1.54, 1.807) is 0 Å². The van der Waals surface area contributed by atoms with E-state index in [0.717, 1.165) is 35.2 Å². The molecule has 8 nitrogen and oxygen atoms in total. The largest absolute Gasteiger partial charge is 0.444 e. The second-order valence-electron chi connectivity index (χ2n) is 8.68. The maximum atomic E-state index is 11.9. The predicted molar refractivity (Wildman–Crippen MR) is 111 cm³/mol. The zero-order valence-corrected chi connectivity index (χ0v) is 18.1. The van der Waals surface area contributed by atoms with Gasteiger partial charge in [-0.25, -0.2) is 9.78 Å². The molecule has 0 unspecified atom stereocenters. The van der Waals surface area contributed by atoms with Crippen molar-refractivity contribution in [1.29, 1.82) is 0 Å². The number of alkyl carbamates (subject to hydrolysis) is 1. The third-order valence-electron chi connectivity index (χ3n) is 4.31. The lowest BCUT2D eigenvalue weighted by molar-refractivity contribution is 0.0494. The maximum absolute atomic E-state index is 11.9. The Balaban J connectivity index is 1.58. The van der Waals surface area contributed by atoms with Crippen molar-refractivity contribution in [2.24, 2.45) is 5.41 Å². The van der Waals surface area contributed by atoms with Crippen LogP contribution < -0.4 is 15.5 Å². The third-order valence-corrected chi connectivity index (χ3v) is 5.11. The van der Waals surface area contributed by atoms with Crippen LogP contribution in [-0.2, 0) is 4.74 Å². The summed E-state index contributed by atoms with van der Waals surface area (Å²) in [7, 11) is 0. The molecule has 152 valence electrons. The second-order valence-corrected chi connectivity index (χ2v) is 9.48. The molecule has 1 aliphatic rings. The molecule has 2 aromatic heterocycles. The van der Waals surface area contributed by atoms with Gasteiger partial charge in [0.05, 0.1) is 5.69 Å². The minimum atomic E-state index is -0.491. The fourth-order valence-corrected chi connectivity index (χ4v) is 3.74. The van der Waals surface area contributed by atoms with Gasteiger partial charge in [0.25, 0.3) is 0 Å². The van der Waals surface area contributed by atoms with Crippen LogP contribution in [0.1, 0.15) is 39.0 Å². The Labute approximate surface area is 169 Å². The minimum absolute atomic E-state index is 0.0172. The molecule has 3 rings (SSSR count). The molecule has 0 saturated carbocycles. The summed E-state index contributed by atoms with van der Waals surface area (Å²) in [6.07, 6.45) is 1.45. The summed E-state index contributed by atoms with van der Waals surface area (Å²) in [6, 6.07) is 1.97. The first-order valence-corrected chi connectivity index (χ1v) is 10.1. The molecule has 0 bridgehead atoms. The SMILES string of the molecule is Cc1cc(Nc2ncc(C)c(N3CC(C)(CNC(=O)OC(C)(C)C)C3)n2)sn1. The van der Waals surface area contributed by atoms with Crippen LogP contribution in [0.4, 0.5) is 21.6 Å². The second kappa shape index (κ2) is 7.54. The van der Waals surface area contributed by atoms with Gasteiger partial charge >= 0.3 is 6.09 Å². The van der Waals surface area contributed by atoms with E-state index in [1.165, 1.54) is 11.5 Å². The zero-order valence-electron chi connectivity index (χ0n) is 17.3. The number of carbonyl (C=O) groups is 1. The number of hydrogen-bond donors (Lipinski definition) is 2. The van der Waals surface area contributed by atoms with Gasteiger partial charge in [-0.2, -0.15) is 9.36 Å². The van der Waals surface area contributed by atoms with E-state index in [-0.39, 0.29) is 11.5 Å². The lowest BCUT2D eigenvalue weighted by Gasteiger charge is -2.49. The van der Waals surface area contributed by atoms with Gasteiger partial charge in [-0.05, 0) is 52.2 Å². The first-order chi connectivity index (χ1) is 13.0. The molecule has 1 amide bonds. The average Bonchev–Trinajstić information content (AvgIpc) is 2.96. The van der Waals surface area contributed by atoms with Crippen molar-refractivity contribution < 1.29 is 9.53 Å². The number of nitrogens with one attached hydrogen (secondary N) is 2. The molecular weight excluding hydrogens is 376 g/mol. The molecule has 2 aromatic rings. The highest BCUT2D eigenvalue weighted by Crippen LogP contribution is 2.34. The summed E-state index contributed by atoms with van der Waals surface area (Å²) in [5.74, 6) is 1.47. The van der Waals surface area contributed by atoms with Crippen LogP contribution in [0.5, 0.6) is 0 Å². The van der Waals surface area contributed by atoms with Gasteiger partial charge in [0, 0.05) is 36.8 Å². The zero-order chi connectivity index (χ0) is 20.5. The predicted octanol–water partition coefficient (Wildman–Crippen LogP) is 3.64. The van der Waals surface area contributed by atoms with Crippen LogP contribution >= 0.6 is 11.5 Å². The number of aromatic nitrogens is 3. The molecule has 1 saturated heterocycles. The van der Waals surface area contributed by atoms with Gasteiger partial charge in [-0.15, -0.1) is 0 Å². The molecule has 3 heterocycles. The smallest absolute Gasteiger partial charge is 0.407 e. The molecule has 9 heteroatoms. The minimum Gasteiger partial charge on any atom is -0.444 e. The molecule has 0 aliphatic carbocycles. The highest BCUT2D eigenvalue weighted by Gasteiger charge is 2.40. The van der Waals surface area contributed by atoms with Gasteiger partial charge in [0.2, 0.25) is 5.95 Å². The van der Waals surface area contributed by atoms with Gasteiger partial charge in [0.1, 0.15) is 16.4 Å². The first kappa shape index (κ1) is 20.3. The number of aryl methyl sites for hydroxylation is 2. The van der Waals surface area contributed by atoms with Crippen molar-refractivity contribution in [3.05, 3.63) is 23.5 Å². The number of anilines is 3. The normalized spacial score (nSPS) is 15.7. The Morgan fingerprint density at radius 1 is 1.36 bits per heavy atom. The molecule has 0 radical (unpaired) electrons. The number of carbonyl (C=O) groups excluding carboxylic acids is 1. The van der Waals surface area contributed by atoms with Gasteiger partial charge in [0.15, 0.2) is 0 Å². The van der Waals surface area contributed by atoms with E-state index < -0.39 is 5.60 Å². The van der Waals surface area contributed by atoms with Crippen molar-refractivity contribution in [2.45, 2.75) is 47.1 Å². The van der Waals surface area contributed by atoms with Crippen LogP contribution in [0, 0.1) is 19.3 Å². The van der Waals surface area contributed by atoms with Crippen LogP contribution in [0.2, 0.25) is 0 Å². The van der Waals surface area contributed by atoms with Gasteiger partial charge < -0.3 is 20.3 Å². The molecule has 0 aromatic carbocycles. The lowest BCUT2D eigenvalue weighted by atomic mass is 9.81. The van der Waals surface area contributed by atoms with E-state index in [4.69, 9.17) is 4.74 Å². The maximum Gasteiger partial charge on any atom is 0.407 e. The van der Waals surface area contributed by atoms with E-state index in [9.17, 15) is 4.79 Å². The lowest BCUT2D eigenvalue weighted by Crippen LogP contribution is -2.60. The van der Waals surface area contributed by atoms with E-state index >= 15 is 0 Å². The Bertz CT molecular complexity index is 854. The molecule has 28 heavy (non-hydrogen) atoms. The quantitative estimate of drug-likeness (QED) is 0.786. The summed E-state index contributed by atoms with van der Waals surface area (Å²) in [5.41, 5.74) is 1.48. The van der Waals surface area contributed by atoms with Crippen molar-refractivity contribution in [2.75, 3.05) is 29.9 Å². The molecule has 1 fully saturated rings. The summed E-state index contributed by atoms with van der Waals surface area (Å²) in [6.45, 7) is 13.9. The standard InChI is InChI=1S/C19H28N6O2S/c1-12-8-20-16(22-14-7-13(2)24-28-14)23-15(12)25-10-19(6,11-25)9-21-17(26)27-18(3,4)5/h7-8H,9-11H2,1-6H3,(H,21,26)(H,20,22,23). The van der Waals surface area contributed by atoms with Crippen LogP contribution in [0.15, 0.2) is 12.3 Å². The van der Waals surface area contributed by atoms with E-state index in [1.807, 2.05) is 46.9 Å². The van der Waals surface area contributed by atoms with Gasteiger partial charge in [-0.3, -0.25) is 0 Å². The van der Waals surface area contributed by atoms with Crippen LogP contribution in [-0.4, -0.2) is 45.7 Å². The summed E-state index contributed by atoms with van der Waals surface area (Å²) in [4.78, 5) is 23.1. The van der Waals surface area contributed by atoms with Gasteiger partial charge in [-0.1, -0.05) is 6.92 Å². The van der Waals surface area contributed by atoms with Crippen molar-refractivity contribution in [3.8, 4) is 0 Å². The number of hydrogen-bond acceptors (Lipinski definition) is 8. The summed E-state index contributed by atoms with van der Waals surface area (Å²) < 4.78 is 9.57. The topological polar surface area (TPSA) is 92.3 Å². The summed E-state index contributed by atoms with van der Waals surface area (Å²) in [5, 5.41) is 7.01. The highest BCUT2D eigenvalue weighted by molar-refractivity contribution is 7.10.